The summed E-state index contributed by atoms with van der Waals surface area (Å²) in [5.74, 6) is 0.680. The third kappa shape index (κ3) is 3.43. The van der Waals surface area contributed by atoms with Crippen LogP contribution in [0.25, 0.3) is 0 Å². The third-order valence-electron chi connectivity index (χ3n) is 3.36. The Balaban J connectivity index is 2.01. The summed E-state index contributed by atoms with van der Waals surface area (Å²) in [6, 6.07) is 6.17. The van der Waals surface area contributed by atoms with Crippen LogP contribution in [0.3, 0.4) is 0 Å². The lowest BCUT2D eigenvalue weighted by Crippen LogP contribution is -2.23. The first kappa shape index (κ1) is 13.3. The summed E-state index contributed by atoms with van der Waals surface area (Å²) in [5.41, 5.74) is 8.92. The van der Waals surface area contributed by atoms with Crippen molar-refractivity contribution in [2.75, 3.05) is 25.1 Å². The Labute approximate surface area is 114 Å². The van der Waals surface area contributed by atoms with Crippen molar-refractivity contribution in [2.45, 2.75) is 19.8 Å². The van der Waals surface area contributed by atoms with Gasteiger partial charge >= 0.3 is 0 Å². The van der Waals surface area contributed by atoms with E-state index in [-0.39, 0.29) is 0 Å². The highest BCUT2D eigenvalue weighted by molar-refractivity contribution is 7.80. The highest BCUT2D eigenvalue weighted by Gasteiger charge is 2.14. The summed E-state index contributed by atoms with van der Waals surface area (Å²) in [6.45, 7) is 4.76. The Morgan fingerprint density at radius 2 is 2.17 bits per heavy atom. The zero-order valence-electron chi connectivity index (χ0n) is 10.7. The number of benzene rings is 1. The maximum absolute atomic E-state index is 5.76. The highest BCUT2D eigenvalue weighted by atomic mass is 32.1. The Morgan fingerprint density at radius 1 is 1.44 bits per heavy atom. The molecule has 1 aromatic rings. The molecule has 3 N–H and O–H groups in total. The number of hydrogen-bond acceptors (Lipinski definition) is 3. The van der Waals surface area contributed by atoms with E-state index in [0.717, 1.165) is 43.9 Å². The van der Waals surface area contributed by atoms with Crippen LogP contribution < -0.4 is 11.1 Å². The summed E-state index contributed by atoms with van der Waals surface area (Å²) in [5, 5.41) is 3.47. The van der Waals surface area contributed by atoms with Crippen LogP contribution in [-0.2, 0) is 4.74 Å². The van der Waals surface area contributed by atoms with Gasteiger partial charge in [-0.15, -0.1) is 0 Å². The molecule has 1 saturated heterocycles. The van der Waals surface area contributed by atoms with Gasteiger partial charge in [-0.2, -0.15) is 0 Å². The van der Waals surface area contributed by atoms with Gasteiger partial charge in [-0.25, -0.2) is 0 Å². The number of rotatable bonds is 4. The van der Waals surface area contributed by atoms with Crippen molar-refractivity contribution in [3.8, 4) is 0 Å². The molecule has 0 saturated carbocycles. The molecule has 1 aliphatic heterocycles. The summed E-state index contributed by atoms with van der Waals surface area (Å²) >= 11 is 5.10. The van der Waals surface area contributed by atoms with Crippen molar-refractivity contribution in [3.05, 3.63) is 29.3 Å². The van der Waals surface area contributed by atoms with Gasteiger partial charge in [0.2, 0.25) is 0 Å². The molecule has 1 aromatic carbocycles. The quantitative estimate of drug-likeness (QED) is 0.820. The van der Waals surface area contributed by atoms with E-state index in [4.69, 9.17) is 22.7 Å². The van der Waals surface area contributed by atoms with Gasteiger partial charge in [0.25, 0.3) is 0 Å². The van der Waals surface area contributed by atoms with Crippen LogP contribution in [-0.4, -0.2) is 24.7 Å². The van der Waals surface area contributed by atoms with Gasteiger partial charge in [-0.05, 0) is 37.8 Å². The van der Waals surface area contributed by atoms with E-state index in [0.29, 0.717) is 10.9 Å². The molecule has 1 heterocycles. The summed E-state index contributed by atoms with van der Waals surface area (Å²) < 4.78 is 5.36. The summed E-state index contributed by atoms with van der Waals surface area (Å²) in [4.78, 5) is 0.452. The third-order valence-corrected chi connectivity index (χ3v) is 3.58. The van der Waals surface area contributed by atoms with E-state index >= 15 is 0 Å². The second-order valence-electron chi connectivity index (χ2n) is 4.85. The average molecular weight is 264 g/mol. The second-order valence-corrected chi connectivity index (χ2v) is 5.29. The molecule has 4 heteroatoms. The van der Waals surface area contributed by atoms with Crippen molar-refractivity contribution in [1.29, 1.82) is 0 Å². The van der Waals surface area contributed by atoms with Gasteiger partial charge in [0.15, 0.2) is 0 Å². The molecule has 0 aromatic heterocycles. The molecule has 0 aliphatic carbocycles. The molecule has 1 aliphatic rings. The van der Waals surface area contributed by atoms with Gasteiger partial charge in [0, 0.05) is 31.0 Å². The van der Waals surface area contributed by atoms with E-state index in [9.17, 15) is 0 Å². The maximum atomic E-state index is 5.76. The minimum absolute atomic E-state index is 0.452. The molecule has 0 amide bonds. The summed E-state index contributed by atoms with van der Waals surface area (Å²) in [7, 11) is 0. The SMILES string of the molecule is Cc1ccc(NCC2CCOCC2)c(C(N)=S)c1. The van der Waals surface area contributed by atoms with E-state index in [1.54, 1.807) is 0 Å². The molecular formula is C14H20N2OS. The fourth-order valence-corrected chi connectivity index (χ4v) is 2.39. The number of nitrogens with two attached hydrogens (primary N) is 1. The smallest absolute Gasteiger partial charge is 0.106 e. The number of nitrogens with one attached hydrogen (secondary N) is 1. The van der Waals surface area contributed by atoms with Crippen molar-refractivity contribution in [2.24, 2.45) is 11.7 Å². The lowest BCUT2D eigenvalue weighted by molar-refractivity contribution is 0.0699. The summed E-state index contributed by atoms with van der Waals surface area (Å²) in [6.07, 6.45) is 2.25. The van der Waals surface area contributed by atoms with Crippen LogP contribution in [0.15, 0.2) is 18.2 Å². The second kappa shape index (κ2) is 6.16. The van der Waals surface area contributed by atoms with Crippen molar-refractivity contribution < 1.29 is 4.74 Å². The zero-order chi connectivity index (χ0) is 13.0. The molecule has 0 radical (unpaired) electrons. The highest BCUT2D eigenvalue weighted by Crippen LogP contribution is 2.20. The predicted molar refractivity (Wildman–Crippen MR) is 79.1 cm³/mol. The molecule has 2 rings (SSSR count). The first-order chi connectivity index (χ1) is 8.66. The van der Waals surface area contributed by atoms with Crippen molar-refractivity contribution in [1.82, 2.24) is 0 Å². The Hall–Kier alpha value is -1.13. The number of anilines is 1. The molecule has 0 spiro atoms. The van der Waals surface area contributed by atoms with E-state index in [1.165, 1.54) is 5.56 Å². The largest absolute Gasteiger partial charge is 0.389 e. The molecule has 0 unspecified atom stereocenters. The molecule has 3 nitrogen and oxygen atoms in total. The Kier molecular flexibility index (Phi) is 4.55. The van der Waals surface area contributed by atoms with Gasteiger partial charge < -0.3 is 15.8 Å². The number of aryl methyl sites for hydroxylation is 1. The van der Waals surface area contributed by atoms with Crippen LogP contribution in [0, 0.1) is 12.8 Å². The minimum atomic E-state index is 0.452. The van der Waals surface area contributed by atoms with E-state index in [1.807, 2.05) is 13.0 Å². The number of thiocarbonyl (C=S) groups is 1. The van der Waals surface area contributed by atoms with Gasteiger partial charge in [-0.3, -0.25) is 0 Å². The van der Waals surface area contributed by atoms with Crippen LogP contribution in [0.2, 0.25) is 0 Å². The van der Waals surface area contributed by atoms with Crippen LogP contribution >= 0.6 is 12.2 Å². The monoisotopic (exact) mass is 264 g/mol. The molecule has 0 atom stereocenters. The van der Waals surface area contributed by atoms with Gasteiger partial charge in [0.1, 0.15) is 4.99 Å². The number of ether oxygens (including phenoxy) is 1. The lowest BCUT2D eigenvalue weighted by atomic mass is 10.00. The Morgan fingerprint density at radius 3 is 2.83 bits per heavy atom. The molecule has 18 heavy (non-hydrogen) atoms. The van der Waals surface area contributed by atoms with Crippen LogP contribution in [0.1, 0.15) is 24.0 Å². The normalized spacial score (nSPS) is 16.5. The molecule has 1 fully saturated rings. The van der Waals surface area contributed by atoms with Crippen LogP contribution in [0.5, 0.6) is 0 Å². The zero-order valence-corrected chi connectivity index (χ0v) is 11.6. The fourth-order valence-electron chi connectivity index (χ4n) is 2.22. The van der Waals surface area contributed by atoms with E-state index in [2.05, 4.69) is 17.4 Å². The minimum Gasteiger partial charge on any atom is -0.389 e. The average Bonchev–Trinajstić information content (AvgIpc) is 2.38. The van der Waals surface area contributed by atoms with Gasteiger partial charge in [-0.1, -0.05) is 23.8 Å². The Bertz CT molecular complexity index is 428. The molecule has 0 bridgehead atoms. The molecular weight excluding hydrogens is 244 g/mol. The van der Waals surface area contributed by atoms with Crippen molar-refractivity contribution in [3.63, 3.8) is 0 Å². The first-order valence-corrected chi connectivity index (χ1v) is 6.79. The topological polar surface area (TPSA) is 47.3 Å². The van der Waals surface area contributed by atoms with Crippen LogP contribution in [0.4, 0.5) is 5.69 Å². The fraction of sp³-hybridized carbons (Fsp3) is 0.500. The number of hydrogen-bond donors (Lipinski definition) is 2. The first-order valence-electron chi connectivity index (χ1n) is 6.39. The van der Waals surface area contributed by atoms with Gasteiger partial charge in [0.05, 0.1) is 0 Å². The lowest BCUT2D eigenvalue weighted by Gasteiger charge is -2.23. The predicted octanol–water partition coefficient (Wildman–Crippen LogP) is 2.47. The maximum Gasteiger partial charge on any atom is 0.106 e. The molecule has 98 valence electrons. The van der Waals surface area contributed by atoms with E-state index < -0.39 is 0 Å². The standard InChI is InChI=1S/C14H20N2OS/c1-10-2-3-13(12(8-10)14(15)18)16-9-11-4-6-17-7-5-11/h2-3,8,11,16H,4-7,9H2,1H3,(H2,15,18). The van der Waals surface area contributed by atoms with Crippen molar-refractivity contribution >= 4 is 22.9 Å².